The predicted octanol–water partition coefficient (Wildman–Crippen LogP) is 3.09. The Bertz CT molecular complexity index is 269. The summed E-state index contributed by atoms with van der Waals surface area (Å²) in [7, 11) is 0. The monoisotopic (exact) mass is 195 g/mol. The summed E-state index contributed by atoms with van der Waals surface area (Å²) in [6.07, 6.45) is 0. The molecule has 0 aliphatic rings. The van der Waals surface area contributed by atoms with Crippen molar-refractivity contribution in [2.24, 2.45) is 0 Å². The van der Waals surface area contributed by atoms with E-state index in [0.29, 0.717) is 17.6 Å². The summed E-state index contributed by atoms with van der Waals surface area (Å²) in [5, 5.41) is 3.91. The van der Waals surface area contributed by atoms with E-state index in [1.807, 2.05) is 18.2 Å². The topological polar surface area (TPSA) is 12.0 Å². The third-order valence-corrected chi connectivity index (χ3v) is 2.03. The molecule has 0 radical (unpaired) electrons. The quantitative estimate of drug-likeness (QED) is 0.779. The lowest BCUT2D eigenvalue weighted by Gasteiger charge is -2.13. The van der Waals surface area contributed by atoms with E-state index in [1.54, 1.807) is 0 Å². The van der Waals surface area contributed by atoms with Crippen molar-refractivity contribution in [3.63, 3.8) is 0 Å². The van der Waals surface area contributed by atoms with Gasteiger partial charge in [0.15, 0.2) is 0 Å². The fourth-order valence-corrected chi connectivity index (χ4v) is 1.20. The number of halogens is 1. The van der Waals surface area contributed by atoms with Crippen LogP contribution in [0.25, 0.3) is 0 Å². The third-order valence-electron chi connectivity index (χ3n) is 1.90. The normalized spacial score (nSPS) is 12.5. The summed E-state index contributed by atoms with van der Waals surface area (Å²) in [5.41, 5.74) is 1.26. The smallest absolute Gasteiger partial charge is 0.0313 e. The van der Waals surface area contributed by atoms with Crippen molar-refractivity contribution in [1.82, 2.24) is 5.32 Å². The summed E-state index contributed by atoms with van der Waals surface area (Å²) >= 11 is 5.65. The molecule has 0 aliphatic heterocycles. The molecule has 1 atom stereocenters. The van der Waals surface area contributed by atoms with E-state index in [1.165, 1.54) is 5.56 Å². The highest BCUT2D eigenvalue weighted by Crippen LogP contribution is 2.11. The molecule has 0 spiro atoms. The first-order valence-electron chi connectivity index (χ1n) is 4.32. The lowest BCUT2D eigenvalue weighted by Crippen LogP contribution is -2.19. The molecular formula is C11H14ClN. The zero-order valence-electron chi connectivity index (χ0n) is 7.76. The van der Waals surface area contributed by atoms with Crippen LogP contribution in [0.2, 0.25) is 0 Å². The Labute approximate surface area is 84.4 Å². The van der Waals surface area contributed by atoms with Crippen molar-refractivity contribution in [2.45, 2.75) is 13.0 Å². The Hall–Kier alpha value is -0.790. The van der Waals surface area contributed by atoms with Crippen molar-refractivity contribution in [3.05, 3.63) is 47.5 Å². The van der Waals surface area contributed by atoms with Crippen LogP contribution >= 0.6 is 11.6 Å². The Balaban J connectivity index is 2.49. The maximum Gasteiger partial charge on any atom is 0.0313 e. The van der Waals surface area contributed by atoms with Crippen LogP contribution in [0.3, 0.4) is 0 Å². The Morgan fingerprint density at radius 2 is 2.08 bits per heavy atom. The minimum atomic E-state index is 0.316. The van der Waals surface area contributed by atoms with Crippen LogP contribution in [0.1, 0.15) is 18.5 Å². The number of benzene rings is 1. The second-order valence-corrected chi connectivity index (χ2v) is 3.57. The molecule has 1 aromatic rings. The molecule has 0 saturated carbocycles. The van der Waals surface area contributed by atoms with E-state index in [2.05, 4.69) is 31.0 Å². The number of hydrogen-bond donors (Lipinski definition) is 1. The summed E-state index contributed by atoms with van der Waals surface area (Å²) in [6, 6.07) is 10.6. The second-order valence-electron chi connectivity index (χ2n) is 3.03. The van der Waals surface area contributed by atoms with Gasteiger partial charge < -0.3 is 5.32 Å². The van der Waals surface area contributed by atoms with Crippen molar-refractivity contribution in [2.75, 3.05) is 6.54 Å². The number of nitrogens with one attached hydrogen (secondary N) is 1. The fourth-order valence-electron chi connectivity index (χ4n) is 1.12. The average molecular weight is 196 g/mol. The maximum absolute atomic E-state index is 5.65. The van der Waals surface area contributed by atoms with E-state index in [0.717, 1.165) is 0 Å². The van der Waals surface area contributed by atoms with Gasteiger partial charge in [-0.15, -0.1) is 0 Å². The zero-order valence-corrected chi connectivity index (χ0v) is 8.51. The first-order valence-corrected chi connectivity index (χ1v) is 4.69. The summed E-state index contributed by atoms with van der Waals surface area (Å²) in [5.74, 6) is 0. The van der Waals surface area contributed by atoms with Crippen molar-refractivity contribution < 1.29 is 0 Å². The van der Waals surface area contributed by atoms with Gasteiger partial charge in [-0.3, -0.25) is 0 Å². The van der Waals surface area contributed by atoms with E-state index in [9.17, 15) is 0 Å². The molecular weight excluding hydrogens is 182 g/mol. The van der Waals surface area contributed by atoms with Crippen LogP contribution in [0.15, 0.2) is 41.9 Å². The minimum absolute atomic E-state index is 0.316. The molecule has 1 N–H and O–H groups in total. The van der Waals surface area contributed by atoms with Crippen LogP contribution in [0.4, 0.5) is 0 Å². The van der Waals surface area contributed by atoms with Gasteiger partial charge in [0, 0.05) is 17.6 Å². The molecule has 1 nitrogen and oxygen atoms in total. The molecule has 0 saturated heterocycles. The predicted molar refractivity (Wildman–Crippen MR) is 57.9 cm³/mol. The van der Waals surface area contributed by atoms with E-state index in [-0.39, 0.29) is 0 Å². The second kappa shape index (κ2) is 5.05. The molecule has 0 unspecified atom stereocenters. The van der Waals surface area contributed by atoms with Gasteiger partial charge in [-0.2, -0.15) is 0 Å². The molecule has 13 heavy (non-hydrogen) atoms. The lowest BCUT2D eigenvalue weighted by atomic mass is 10.1. The average Bonchev–Trinajstić information content (AvgIpc) is 2.15. The summed E-state index contributed by atoms with van der Waals surface area (Å²) < 4.78 is 0. The van der Waals surface area contributed by atoms with Gasteiger partial charge in [0.2, 0.25) is 0 Å². The molecule has 2 heteroatoms. The van der Waals surface area contributed by atoms with Crippen LogP contribution in [-0.2, 0) is 0 Å². The van der Waals surface area contributed by atoms with Crippen LogP contribution in [0, 0.1) is 0 Å². The highest BCUT2D eigenvalue weighted by molar-refractivity contribution is 6.29. The van der Waals surface area contributed by atoms with Crippen LogP contribution < -0.4 is 5.32 Å². The molecule has 0 fully saturated rings. The van der Waals surface area contributed by atoms with Gasteiger partial charge in [0.05, 0.1) is 0 Å². The lowest BCUT2D eigenvalue weighted by molar-refractivity contribution is 0.614. The van der Waals surface area contributed by atoms with Gasteiger partial charge in [0.25, 0.3) is 0 Å². The Kier molecular flexibility index (Phi) is 4.00. The fraction of sp³-hybridized carbons (Fsp3) is 0.273. The molecule has 0 heterocycles. The molecule has 1 rings (SSSR count). The zero-order chi connectivity index (χ0) is 9.68. The highest BCUT2D eigenvalue weighted by Gasteiger charge is 2.02. The van der Waals surface area contributed by atoms with Crippen molar-refractivity contribution in [3.8, 4) is 0 Å². The SMILES string of the molecule is C=C(Cl)CN[C@@H](C)c1ccccc1. The third kappa shape index (κ3) is 3.62. The summed E-state index contributed by atoms with van der Waals surface area (Å²) in [6.45, 7) is 6.38. The van der Waals surface area contributed by atoms with Gasteiger partial charge in [-0.25, -0.2) is 0 Å². The number of hydrogen-bond acceptors (Lipinski definition) is 1. The van der Waals surface area contributed by atoms with E-state index < -0.39 is 0 Å². The Morgan fingerprint density at radius 1 is 1.46 bits per heavy atom. The first-order chi connectivity index (χ1) is 6.20. The first kappa shape index (κ1) is 10.3. The maximum atomic E-state index is 5.65. The molecule has 70 valence electrons. The van der Waals surface area contributed by atoms with E-state index >= 15 is 0 Å². The summed E-state index contributed by atoms with van der Waals surface area (Å²) in [4.78, 5) is 0. The molecule has 1 aromatic carbocycles. The molecule has 0 aliphatic carbocycles. The van der Waals surface area contributed by atoms with Gasteiger partial charge in [-0.05, 0) is 12.5 Å². The van der Waals surface area contributed by atoms with E-state index in [4.69, 9.17) is 11.6 Å². The van der Waals surface area contributed by atoms with Crippen molar-refractivity contribution in [1.29, 1.82) is 0 Å². The van der Waals surface area contributed by atoms with Gasteiger partial charge in [-0.1, -0.05) is 48.5 Å². The molecule has 0 bridgehead atoms. The standard InChI is InChI=1S/C11H14ClN/c1-9(12)8-13-10(2)11-6-4-3-5-7-11/h3-7,10,13H,1,8H2,2H3/t10-/m0/s1. The van der Waals surface area contributed by atoms with Crippen molar-refractivity contribution >= 4 is 11.6 Å². The molecule has 0 aromatic heterocycles. The molecule has 0 amide bonds. The van der Waals surface area contributed by atoms with Crippen LogP contribution in [-0.4, -0.2) is 6.54 Å². The van der Waals surface area contributed by atoms with Crippen LogP contribution in [0.5, 0.6) is 0 Å². The minimum Gasteiger partial charge on any atom is -0.305 e. The van der Waals surface area contributed by atoms with Gasteiger partial charge >= 0.3 is 0 Å². The largest absolute Gasteiger partial charge is 0.305 e. The van der Waals surface area contributed by atoms with Gasteiger partial charge in [0.1, 0.15) is 0 Å². The number of rotatable bonds is 4. The highest BCUT2D eigenvalue weighted by atomic mass is 35.5. The Morgan fingerprint density at radius 3 is 2.62 bits per heavy atom.